The first-order chi connectivity index (χ1) is 12.7. The van der Waals surface area contributed by atoms with E-state index in [1.807, 2.05) is 0 Å². The molecular weight excluding hydrogens is 341 g/mol. The summed E-state index contributed by atoms with van der Waals surface area (Å²) in [7, 11) is -0.429. The Kier molecular flexibility index (Phi) is 5.46. The van der Waals surface area contributed by atoms with Crippen molar-refractivity contribution >= 4 is 18.3 Å². The van der Waals surface area contributed by atoms with Gasteiger partial charge in [0, 0.05) is 36.8 Å². The Labute approximate surface area is 162 Å². The van der Waals surface area contributed by atoms with Crippen molar-refractivity contribution in [2.24, 2.45) is 5.11 Å². The molecule has 1 aromatic rings. The van der Waals surface area contributed by atoms with Crippen LogP contribution in [0, 0.1) is 13.8 Å². The summed E-state index contributed by atoms with van der Waals surface area (Å²) in [6.07, 6.45) is 0. The van der Waals surface area contributed by atoms with Gasteiger partial charge < -0.3 is 19.5 Å². The average Bonchev–Trinajstić information content (AvgIpc) is 2.83. The van der Waals surface area contributed by atoms with Crippen LogP contribution >= 0.6 is 0 Å². The minimum absolute atomic E-state index is 0.328. The predicted molar refractivity (Wildman–Crippen MR) is 110 cm³/mol. The molecular formula is C19H30BN5O2. The van der Waals surface area contributed by atoms with Gasteiger partial charge in [-0.2, -0.15) is 0 Å². The second kappa shape index (κ2) is 7.36. The molecule has 0 bridgehead atoms. The van der Waals surface area contributed by atoms with Gasteiger partial charge in [0.25, 0.3) is 0 Å². The Morgan fingerprint density at radius 3 is 2.30 bits per heavy atom. The molecule has 0 aromatic heterocycles. The minimum atomic E-state index is -0.429. The molecule has 2 aliphatic heterocycles. The molecule has 2 heterocycles. The van der Waals surface area contributed by atoms with Crippen LogP contribution < -0.4 is 15.7 Å². The van der Waals surface area contributed by atoms with Gasteiger partial charge >= 0.3 is 7.12 Å². The lowest BCUT2D eigenvalue weighted by Gasteiger charge is -2.34. The Morgan fingerprint density at radius 2 is 1.74 bits per heavy atom. The summed E-state index contributed by atoms with van der Waals surface area (Å²) in [5.41, 5.74) is 13.6. The molecule has 7 nitrogen and oxygen atoms in total. The van der Waals surface area contributed by atoms with E-state index in [-0.39, 0.29) is 0 Å². The number of nitrogens with one attached hydrogen (secondary N) is 1. The zero-order chi connectivity index (χ0) is 19.8. The summed E-state index contributed by atoms with van der Waals surface area (Å²) in [6.45, 7) is 16.7. The molecule has 0 spiro atoms. The van der Waals surface area contributed by atoms with Crippen molar-refractivity contribution in [3.05, 3.63) is 33.2 Å². The van der Waals surface area contributed by atoms with E-state index in [1.54, 1.807) is 0 Å². The SMILES string of the molecule is Cc1c(CN=[N+]=[N-])cc(B2OC(C)(C)C(C)(C)O2)c(C)c1N1CCNCC1. The van der Waals surface area contributed by atoms with Crippen LogP contribution in [0.5, 0.6) is 0 Å². The van der Waals surface area contributed by atoms with Crippen molar-refractivity contribution in [2.75, 3.05) is 31.1 Å². The first-order valence-electron chi connectivity index (χ1n) is 9.63. The van der Waals surface area contributed by atoms with E-state index in [9.17, 15) is 0 Å². The maximum absolute atomic E-state index is 8.80. The van der Waals surface area contributed by atoms with E-state index in [1.165, 1.54) is 16.8 Å². The molecule has 0 radical (unpaired) electrons. The molecule has 0 unspecified atom stereocenters. The molecule has 1 N–H and O–H groups in total. The molecule has 8 heteroatoms. The standard InChI is InChI=1S/C19H30BN5O2/c1-13-15(12-23-24-21)11-16(20-26-18(3,4)19(5,6)27-20)14(2)17(13)25-9-7-22-8-10-25/h11,22H,7-10,12H2,1-6H3. The lowest BCUT2D eigenvalue weighted by molar-refractivity contribution is 0.00578. The fraction of sp³-hybridized carbons (Fsp3) is 0.684. The third-order valence-electron chi connectivity index (χ3n) is 6.20. The van der Waals surface area contributed by atoms with Crippen LogP contribution in [-0.4, -0.2) is 44.5 Å². The third-order valence-corrected chi connectivity index (χ3v) is 6.20. The number of rotatable bonds is 4. The minimum Gasteiger partial charge on any atom is -0.399 e. The van der Waals surface area contributed by atoms with Gasteiger partial charge in [-0.3, -0.25) is 0 Å². The third kappa shape index (κ3) is 3.67. The molecule has 27 heavy (non-hydrogen) atoms. The second-order valence-corrected chi connectivity index (χ2v) is 8.44. The van der Waals surface area contributed by atoms with Crippen molar-refractivity contribution in [1.82, 2.24) is 5.32 Å². The zero-order valence-corrected chi connectivity index (χ0v) is 17.3. The summed E-state index contributed by atoms with van der Waals surface area (Å²) >= 11 is 0. The van der Waals surface area contributed by atoms with E-state index in [2.05, 4.69) is 67.9 Å². The molecule has 2 fully saturated rings. The molecule has 3 rings (SSSR count). The van der Waals surface area contributed by atoms with E-state index >= 15 is 0 Å². The number of benzene rings is 1. The van der Waals surface area contributed by atoms with Gasteiger partial charge in [0.1, 0.15) is 0 Å². The maximum atomic E-state index is 8.80. The van der Waals surface area contributed by atoms with Crippen LogP contribution in [0.3, 0.4) is 0 Å². The average molecular weight is 371 g/mol. The Hall–Kier alpha value is -1.73. The largest absolute Gasteiger partial charge is 0.495 e. The van der Waals surface area contributed by atoms with E-state index in [4.69, 9.17) is 14.8 Å². The Balaban J connectivity index is 2.09. The van der Waals surface area contributed by atoms with Crippen LogP contribution in [0.25, 0.3) is 10.4 Å². The number of azide groups is 1. The van der Waals surface area contributed by atoms with Crippen LogP contribution in [0.2, 0.25) is 0 Å². The summed E-state index contributed by atoms with van der Waals surface area (Å²) in [6, 6.07) is 2.09. The molecule has 0 atom stereocenters. The molecule has 0 amide bonds. The predicted octanol–water partition coefficient (Wildman–Crippen LogP) is 2.82. The summed E-state index contributed by atoms with van der Waals surface area (Å²) in [5.74, 6) is 0. The fourth-order valence-electron chi connectivity index (χ4n) is 3.82. The van der Waals surface area contributed by atoms with Crippen molar-refractivity contribution in [3.8, 4) is 0 Å². The normalized spacial score (nSPS) is 21.3. The highest BCUT2D eigenvalue weighted by Crippen LogP contribution is 2.38. The zero-order valence-electron chi connectivity index (χ0n) is 17.3. The summed E-state index contributed by atoms with van der Waals surface area (Å²) in [5, 5.41) is 7.22. The Bertz CT molecular complexity index is 752. The highest BCUT2D eigenvalue weighted by atomic mass is 16.7. The molecule has 1 aromatic carbocycles. The van der Waals surface area contributed by atoms with Crippen molar-refractivity contribution in [2.45, 2.75) is 59.3 Å². The molecule has 0 aliphatic carbocycles. The Morgan fingerprint density at radius 1 is 1.15 bits per heavy atom. The van der Waals surface area contributed by atoms with Gasteiger partial charge in [0.15, 0.2) is 0 Å². The molecule has 2 aliphatic rings. The van der Waals surface area contributed by atoms with E-state index in [0.29, 0.717) is 6.54 Å². The number of piperazine rings is 1. The maximum Gasteiger partial charge on any atom is 0.495 e. The van der Waals surface area contributed by atoms with Crippen molar-refractivity contribution in [3.63, 3.8) is 0 Å². The lowest BCUT2D eigenvalue weighted by atomic mass is 9.73. The molecule has 146 valence electrons. The van der Waals surface area contributed by atoms with E-state index < -0.39 is 18.3 Å². The second-order valence-electron chi connectivity index (χ2n) is 8.44. The van der Waals surface area contributed by atoms with Crippen molar-refractivity contribution < 1.29 is 9.31 Å². The van der Waals surface area contributed by atoms with Gasteiger partial charge in [0.2, 0.25) is 0 Å². The fourth-order valence-corrected chi connectivity index (χ4v) is 3.82. The van der Waals surface area contributed by atoms with Gasteiger partial charge in [-0.05, 0) is 69.2 Å². The van der Waals surface area contributed by atoms with Crippen molar-refractivity contribution in [1.29, 1.82) is 0 Å². The van der Waals surface area contributed by atoms with Gasteiger partial charge in [-0.15, -0.1) is 0 Å². The quantitative estimate of drug-likeness (QED) is 0.382. The molecule has 2 saturated heterocycles. The van der Waals surface area contributed by atoms with Gasteiger partial charge in [0.05, 0.1) is 17.7 Å². The van der Waals surface area contributed by atoms with Crippen LogP contribution in [0.4, 0.5) is 5.69 Å². The number of nitrogens with zero attached hydrogens (tertiary/aromatic N) is 4. The summed E-state index contributed by atoms with van der Waals surface area (Å²) < 4.78 is 12.6. The first-order valence-corrected chi connectivity index (χ1v) is 9.63. The number of anilines is 1. The highest BCUT2D eigenvalue weighted by Gasteiger charge is 2.52. The monoisotopic (exact) mass is 371 g/mol. The summed E-state index contributed by atoms with van der Waals surface area (Å²) in [4.78, 5) is 5.36. The highest BCUT2D eigenvalue weighted by molar-refractivity contribution is 6.62. The number of hydrogen-bond donors (Lipinski definition) is 1. The van der Waals surface area contributed by atoms with Crippen LogP contribution in [0.15, 0.2) is 11.2 Å². The van der Waals surface area contributed by atoms with Gasteiger partial charge in [-0.25, -0.2) is 0 Å². The first kappa shape index (κ1) is 20.0. The topological polar surface area (TPSA) is 82.5 Å². The van der Waals surface area contributed by atoms with Crippen LogP contribution in [-0.2, 0) is 15.9 Å². The van der Waals surface area contributed by atoms with E-state index in [0.717, 1.165) is 37.2 Å². The van der Waals surface area contributed by atoms with Crippen LogP contribution in [0.1, 0.15) is 44.4 Å². The van der Waals surface area contributed by atoms with Gasteiger partial charge in [-0.1, -0.05) is 11.2 Å². The smallest absolute Gasteiger partial charge is 0.399 e. The number of hydrogen-bond acceptors (Lipinski definition) is 5. The lowest BCUT2D eigenvalue weighted by Crippen LogP contribution is -2.45. The molecule has 0 saturated carbocycles.